The van der Waals surface area contributed by atoms with Crippen molar-refractivity contribution in [3.05, 3.63) is 18.0 Å². The van der Waals surface area contributed by atoms with Gasteiger partial charge in [-0.25, -0.2) is 0 Å². The zero-order valence-electron chi connectivity index (χ0n) is 15.2. The molecule has 6 nitrogen and oxygen atoms in total. The zero-order valence-corrected chi connectivity index (χ0v) is 15.2. The molecule has 1 aromatic heterocycles. The summed E-state index contributed by atoms with van der Waals surface area (Å²) in [6, 6.07) is 1.83. The molecule has 2 saturated heterocycles. The molecule has 2 aliphatic heterocycles. The molecule has 0 bridgehead atoms. The molecule has 24 heavy (non-hydrogen) atoms. The van der Waals surface area contributed by atoms with Gasteiger partial charge in [0.05, 0.1) is 13.2 Å². The van der Waals surface area contributed by atoms with Gasteiger partial charge in [-0.15, -0.1) is 0 Å². The maximum absolute atomic E-state index is 13.0. The number of rotatable bonds is 6. The predicted octanol–water partition coefficient (Wildman–Crippen LogP) is 1.87. The van der Waals surface area contributed by atoms with Crippen molar-refractivity contribution in [1.82, 2.24) is 19.6 Å². The number of aromatic nitrogens is 2. The van der Waals surface area contributed by atoms with Gasteiger partial charge >= 0.3 is 0 Å². The van der Waals surface area contributed by atoms with Crippen molar-refractivity contribution in [2.45, 2.75) is 45.2 Å². The minimum absolute atomic E-state index is 0.110. The Morgan fingerprint density at radius 3 is 2.88 bits per heavy atom. The molecular formula is C18H30N4O2. The van der Waals surface area contributed by atoms with E-state index in [2.05, 4.69) is 23.8 Å². The molecule has 1 unspecified atom stereocenters. The summed E-state index contributed by atoms with van der Waals surface area (Å²) in [5.41, 5.74) is 0.897. The van der Waals surface area contributed by atoms with Gasteiger partial charge in [-0.3, -0.25) is 14.4 Å². The van der Waals surface area contributed by atoms with E-state index in [0.717, 1.165) is 26.1 Å². The lowest BCUT2D eigenvalue weighted by molar-refractivity contribution is -0.0650. The van der Waals surface area contributed by atoms with Gasteiger partial charge in [-0.1, -0.05) is 13.8 Å². The SMILES string of the molecule is COCCn1nccc1C(=O)N1CCCC2(CCN2CC(C)C)C1. The van der Waals surface area contributed by atoms with Crippen molar-refractivity contribution in [2.24, 2.45) is 5.92 Å². The summed E-state index contributed by atoms with van der Waals surface area (Å²) in [6.45, 7) is 9.73. The van der Waals surface area contributed by atoms with Crippen LogP contribution in [0.4, 0.5) is 0 Å². The molecule has 2 fully saturated rings. The molecule has 6 heteroatoms. The first-order chi connectivity index (χ1) is 11.6. The lowest BCUT2D eigenvalue weighted by Crippen LogP contribution is -2.68. The van der Waals surface area contributed by atoms with E-state index < -0.39 is 0 Å². The summed E-state index contributed by atoms with van der Waals surface area (Å²) in [7, 11) is 1.67. The summed E-state index contributed by atoms with van der Waals surface area (Å²) >= 11 is 0. The molecule has 0 aromatic carbocycles. The second-order valence-corrected chi connectivity index (χ2v) is 7.58. The lowest BCUT2D eigenvalue weighted by atomic mass is 9.77. The summed E-state index contributed by atoms with van der Waals surface area (Å²) in [5.74, 6) is 0.780. The Bertz CT molecular complexity index is 571. The standard InChI is InChI=1S/C18H30N4O2/c1-15(2)13-21-10-7-18(21)6-4-9-20(14-18)17(23)16-5-8-19-22(16)11-12-24-3/h5,8,15H,4,6-7,9-14H2,1-3H3. The quantitative estimate of drug-likeness (QED) is 0.797. The third-order valence-corrected chi connectivity index (χ3v) is 5.39. The number of ether oxygens (including phenoxy) is 1. The lowest BCUT2D eigenvalue weighted by Gasteiger charge is -2.57. The number of hydrogen-bond donors (Lipinski definition) is 0. The molecule has 1 amide bonds. The Balaban J connectivity index is 1.69. The molecule has 0 aliphatic carbocycles. The maximum atomic E-state index is 13.0. The van der Waals surface area contributed by atoms with E-state index in [1.165, 1.54) is 19.4 Å². The van der Waals surface area contributed by atoms with Crippen LogP contribution in [0.1, 0.15) is 43.6 Å². The van der Waals surface area contributed by atoms with Gasteiger partial charge in [0, 0.05) is 45.0 Å². The highest BCUT2D eigenvalue weighted by molar-refractivity contribution is 5.92. The van der Waals surface area contributed by atoms with Gasteiger partial charge in [0.15, 0.2) is 0 Å². The molecule has 1 spiro atoms. The van der Waals surface area contributed by atoms with Crippen LogP contribution in [0.2, 0.25) is 0 Å². The smallest absolute Gasteiger partial charge is 0.272 e. The topological polar surface area (TPSA) is 50.6 Å². The number of piperidine rings is 1. The molecule has 1 atom stereocenters. The second kappa shape index (κ2) is 7.23. The third-order valence-electron chi connectivity index (χ3n) is 5.39. The Morgan fingerprint density at radius 2 is 2.21 bits per heavy atom. The van der Waals surface area contributed by atoms with Crippen LogP contribution in [-0.4, -0.2) is 70.9 Å². The fourth-order valence-electron chi connectivity index (χ4n) is 4.09. The number of hydrogen-bond acceptors (Lipinski definition) is 4. The van der Waals surface area contributed by atoms with E-state index in [9.17, 15) is 4.79 Å². The summed E-state index contributed by atoms with van der Waals surface area (Å²) < 4.78 is 6.88. The first-order valence-electron chi connectivity index (χ1n) is 9.11. The average Bonchev–Trinajstić information content (AvgIpc) is 3.04. The summed E-state index contributed by atoms with van der Waals surface area (Å²) in [6.07, 6.45) is 5.22. The number of nitrogens with zero attached hydrogens (tertiary/aromatic N) is 4. The number of likely N-dealkylation sites (tertiary alicyclic amines) is 2. The van der Waals surface area contributed by atoms with Crippen LogP contribution in [0.25, 0.3) is 0 Å². The number of carbonyl (C=O) groups is 1. The minimum Gasteiger partial charge on any atom is -0.383 e. The van der Waals surface area contributed by atoms with E-state index in [0.29, 0.717) is 24.8 Å². The van der Waals surface area contributed by atoms with E-state index >= 15 is 0 Å². The van der Waals surface area contributed by atoms with Gasteiger partial charge in [0.1, 0.15) is 5.69 Å². The summed E-state index contributed by atoms with van der Waals surface area (Å²) in [4.78, 5) is 17.6. The number of carbonyl (C=O) groups excluding carboxylic acids is 1. The van der Waals surface area contributed by atoms with Gasteiger partial charge in [0.25, 0.3) is 5.91 Å². The second-order valence-electron chi connectivity index (χ2n) is 7.58. The van der Waals surface area contributed by atoms with Crippen molar-refractivity contribution in [2.75, 3.05) is 39.9 Å². The van der Waals surface area contributed by atoms with E-state index in [-0.39, 0.29) is 11.4 Å². The predicted molar refractivity (Wildman–Crippen MR) is 93.0 cm³/mol. The van der Waals surface area contributed by atoms with Gasteiger partial charge in [-0.05, 0) is 31.2 Å². The highest BCUT2D eigenvalue weighted by Gasteiger charge is 2.48. The Kier molecular flexibility index (Phi) is 5.25. The molecule has 0 N–H and O–H groups in total. The number of amides is 1. The maximum Gasteiger partial charge on any atom is 0.272 e. The van der Waals surface area contributed by atoms with Crippen LogP contribution in [0.3, 0.4) is 0 Å². The van der Waals surface area contributed by atoms with Gasteiger partial charge in [-0.2, -0.15) is 5.10 Å². The Morgan fingerprint density at radius 1 is 1.38 bits per heavy atom. The largest absolute Gasteiger partial charge is 0.383 e. The molecule has 2 aliphatic rings. The zero-order chi connectivity index (χ0) is 17.2. The first-order valence-corrected chi connectivity index (χ1v) is 9.11. The van der Waals surface area contributed by atoms with E-state index in [1.54, 1.807) is 18.0 Å². The van der Waals surface area contributed by atoms with Crippen LogP contribution < -0.4 is 0 Å². The monoisotopic (exact) mass is 334 g/mol. The third kappa shape index (κ3) is 3.35. The van der Waals surface area contributed by atoms with Crippen molar-refractivity contribution < 1.29 is 9.53 Å². The average molecular weight is 334 g/mol. The highest BCUT2D eigenvalue weighted by atomic mass is 16.5. The Hall–Kier alpha value is -1.40. The van der Waals surface area contributed by atoms with Crippen molar-refractivity contribution in [3.8, 4) is 0 Å². The van der Waals surface area contributed by atoms with E-state index in [1.807, 2.05) is 11.0 Å². The molecule has 3 rings (SSSR count). The molecule has 1 aromatic rings. The molecular weight excluding hydrogens is 304 g/mol. The van der Waals surface area contributed by atoms with Crippen LogP contribution >= 0.6 is 0 Å². The van der Waals surface area contributed by atoms with E-state index in [4.69, 9.17) is 4.74 Å². The molecule has 3 heterocycles. The molecule has 134 valence electrons. The number of methoxy groups -OCH3 is 1. The van der Waals surface area contributed by atoms with Crippen LogP contribution in [0, 0.1) is 5.92 Å². The Labute approximate surface area is 144 Å². The normalized spacial score (nSPS) is 24.6. The molecule has 0 radical (unpaired) electrons. The summed E-state index contributed by atoms with van der Waals surface area (Å²) in [5, 5.41) is 4.27. The fraction of sp³-hybridized carbons (Fsp3) is 0.778. The van der Waals surface area contributed by atoms with Gasteiger partial charge in [0.2, 0.25) is 0 Å². The van der Waals surface area contributed by atoms with Crippen molar-refractivity contribution in [1.29, 1.82) is 0 Å². The van der Waals surface area contributed by atoms with Gasteiger partial charge < -0.3 is 9.64 Å². The van der Waals surface area contributed by atoms with Crippen molar-refractivity contribution in [3.63, 3.8) is 0 Å². The van der Waals surface area contributed by atoms with Crippen LogP contribution in [0.15, 0.2) is 12.3 Å². The minimum atomic E-state index is 0.110. The van der Waals surface area contributed by atoms with Crippen LogP contribution in [0.5, 0.6) is 0 Å². The van der Waals surface area contributed by atoms with Crippen molar-refractivity contribution >= 4 is 5.91 Å². The first kappa shape index (κ1) is 17.4. The van der Waals surface area contributed by atoms with Crippen LogP contribution in [-0.2, 0) is 11.3 Å². The molecule has 0 saturated carbocycles. The highest BCUT2D eigenvalue weighted by Crippen LogP contribution is 2.39. The fourth-order valence-corrected chi connectivity index (χ4v) is 4.09.